The number of nitrogens with zero attached hydrogens (tertiary/aromatic N) is 1. The fourth-order valence-corrected chi connectivity index (χ4v) is 3.70. The van der Waals surface area contributed by atoms with Gasteiger partial charge in [-0.1, -0.05) is 19.3 Å². The number of hydrogen-bond donors (Lipinski definition) is 2. The van der Waals surface area contributed by atoms with Crippen LogP contribution in [0.2, 0.25) is 0 Å². The molecule has 26 heavy (non-hydrogen) atoms. The van der Waals surface area contributed by atoms with E-state index in [0.29, 0.717) is 11.5 Å². The van der Waals surface area contributed by atoms with E-state index < -0.39 is 0 Å². The molecule has 2 fully saturated rings. The minimum absolute atomic E-state index is 0.386. The predicted octanol–water partition coefficient (Wildman–Crippen LogP) is 3.90. The summed E-state index contributed by atoms with van der Waals surface area (Å²) in [4.78, 5) is 4.96. The Bertz CT molecular complexity index is 531. The van der Waals surface area contributed by atoms with Crippen LogP contribution in [-0.4, -0.2) is 38.3 Å². The third kappa shape index (κ3) is 6.35. The van der Waals surface area contributed by atoms with Crippen molar-refractivity contribution in [1.29, 1.82) is 0 Å². The highest BCUT2D eigenvalue weighted by Crippen LogP contribution is 2.49. The fraction of sp³-hybridized carbons (Fsp3) is 0.762. The van der Waals surface area contributed by atoms with Crippen LogP contribution in [0.25, 0.3) is 0 Å². The van der Waals surface area contributed by atoms with Gasteiger partial charge in [0.25, 0.3) is 0 Å². The van der Waals surface area contributed by atoms with Gasteiger partial charge in [-0.15, -0.1) is 0 Å². The largest absolute Gasteiger partial charge is 0.469 e. The molecule has 0 saturated heterocycles. The van der Waals surface area contributed by atoms with Crippen molar-refractivity contribution in [3.63, 3.8) is 0 Å². The van der Waals surface area contributed by atoms with Gasteiger partial charge in [-0.05, 0) is 56.6 Å². The molecule has 0 amide bonds. The summed E-state index contributed by atoms with van der Waals surface area (Å²) in [6.07, 6.45) is 12.9. The average Bonchev–Trinajstić information content (AvgIpc) is 3.24. The van der Waals surface area contributed by atoms with Crippen molar-refractivity contribution >= 4 is 5.96 Å². The summed E-state index contributed by atoms with van der Waals surface area (Å²) in [6.45, 7) is 5.49. The first-order valence-corrected chi connectivity index (χ1v) is 10.4. The van der Waals surface area contributed by atoms with Crippen LogP contribution in [0.15, 0.2) is 27.8 Å². The van der Waals surface area contributed by atoms with E-state index in [1.807, 2.05) is 12.1 Å². The van der Waals surface area contributed by atoms with Crippen molar-refractivity contribution in [1.82, 2.24) is 10.6 Å². The highest BCUT2D eigenvalue weighted by molar-refractivity contribution is 5.80. The third-order valence-electron chi connectivity index (χ3n) is 5.70. The van der Waals surface area contributed by atoms with Crippen molar-refractivity contribution in [2.75, 3.05) is 26.3 Å². The lowest BCUT2D eigenvalue weighted by atomic mass is 9.96. The Balaban J connectivity index is 1.50. The molecule has 1 aromatic heterocycles. The zero-order valence-electron chi connectivity index (χ0n) is 16.3. The monoisotopic (exact) mass is 361 g/mol. The summed E-state index contributed by atoms with van der Waals surface area (Å²) in [7, 11) is 0. The molecule has 5 heteroatoms. The Morgan fingerprint density at radius 2 is 2.15 bits per heavy atom. The molecule has 0 bridgehead atoms. The maximum atomic E-state index is 5.55. The second kappa shape index (κ2) is 10.0. The molecule has 0 aromatic carbocycles. The van der Waals surface area contributed by atoms with Crippen molar-refractivity contribution in [3.05, 3.63) is 24.2 Å². The zero-order chi connectivity index (χ0) is 18.1. The molecule has 0 spiro atoms. The van der Waals surface area contributed by atoms with Gasteiger partial charge in [-0.25, -0.2) is 0 Å². The van der Waals surface area contributed by atoms with Crippen LogP contribution in [0, 0.1) is 5.41 Å². The van der Waals surface area contributed by atoms with Gasteiger partial charge in [0.15, 0.2) is 5.96 Å². The Hall–Kier alpha value is -1.49. The molecule has 2 N–H and O–H groups in total. The van der Waals surface area contributed by atoms with Gasteiger partial charge in [0.2, 0.25) is 0 Å². The maximum absolute atomic E-state index is 5.55. The second-order valence-corrected chi connectivity index (χ2v) is 7.85. The van der Waals surface area contributed by atoms with Crippen LogP contribution < -0.4 is 10.6 Å². The number of guanidine groups is 1. The summed E-state index contributed by atoms with van der Waals surface area (Å²) < 4.78 is 11.0. The van der Waals surface area contributed by atoms with Crippen molar-refractivity contribution < 1.29 is 9.15 Å². The highest BCUT2D eigenvalue weighted by atomic mass is 16.5. The van der Waals surface area contributed by atoms with Gasteiger partial charge in [-0.2, -0.15) is 0 Å². The summed E-state index contributed by atoms with van der Waals surface area (Å²) >= 11 is 0. The quantitative estimate of drug-likeness (QED) is 0.377. The van der Waals surface area contributed by atoms with E-state index >= 15 is 0 Å². The molecule has 1 heterocycles. The molecule has 0 aliphatic heterocycles. The molecule has 5 nitrogen and oxygen atoms in total. The van der Waals surface area contributed by atoms with Crippen LogP contribution in [0.5, 0.6) is 0 Å². The lowest BCUT2D eigenvalue weighted by Crippen LogP contribution is -2.45. The summed E-state index contributed by atoms with van der Waals surface area (Å²) in [5.74, 6) is 2.00. The minimum atomic E-state index is 0.386. The number of rotatable bonds is 10. The van der Waals surface area contributed by atoms with Crippen LogP contribution >= 0.6 is 0 Å². The molecule has 0 radical (unpaired) electrons. The normalized spacial score (nSPS) is 20.1. The van der Waals surface area contributed by atoms with Crippen LogP contribution in [0.1, 0.15) is 64.1 Å². The first-order valence-electron chi connectivity index (χ1n) is 10.4. The highest BCUT2D eigenvalue weighted by Gasteiger charge is 2.41. The van der Waals surface area contributed by atoms with E-state index in [4.69, 9.17) is 14.1 Å². The molecule has 3 rings (SSSR count). The molecule has 1 aromatic rings. The smallest absolute Gasteiger partial charge is 0.191 e. The van der Waals surface area contributed by atoms with E-state index in [-0.39, 0.29) is 0 Å². The van der Waals surface area contributed by atoms with Crippen molar-refractivity contribution in [3.8, 4) is 0 Å². The summed E-state index contributed by atoms with van der Waals surface area (Å²) in [5, 5.41) is 7.20. The average molecular weight is 362 g/mol. The number of nitrogens with one attached hydrogen (secondary N) is 2. The first kappa shape index (κ1) is 19.3. The second-order valence-electron chi connectivity index (χ2n) is 7.85. The van der Waals surface area contributed by atoms with Gasteiger partial charge in [-0.3, -0.25) is 4.99 Å². The van der Waals surface area contributed by atoms with E-state index in [1.54, 1.807) is 6.26 Å². The number of aliphatic imine (C=N–C) groups is 1. The lowest BCUT2D eigenvalue weighted by molar-refractivity contribution is 0.129. The van der Waals surface area contributed by atoms with Crippen molar-refractivity contribution in [2.45, 2.75) is 70.8 Å². The summed E-state index contributed by atoms with van der Waals surface area (Å²) in [5.41, 5.74) is 0.386. The van der Waals surface area contributed by atoms with Gasteiger partial charge in [0, 0.05) is 38.8 Å². The van der Waals surface area contributed by atoms with Crippen LogP contribution in [0.3, 0.4) is 0 Å². The maximum Gasteiger partial charge on any atom is 0.191 e. The predicted molar refractivity (Wildman–Crippen MR) is 106 cm³/mol. The van der Waals surface area contributed by atoms with Crippen molar-refractivity contribution in [2.24, 2.45) is 10.4 Å². The molecular weight excluding hydrogens is 326 g/mol. The van der Waals surface area contributed by atoms with Crippen LogP contribution in [0.4, 0.5) is 0 Å². The molecule has 146 valence electrons. The van der Waals surface area contributed by atoms with Gasteiger partial charge in [0.1, 0.15) is 5.76 Å². The number of hydrogen-bond acceptors (Lipinski definition) is 3. The molecule has 0 atom stereocenters. The number of furan rings is 1. The molecule has 2 aliphatic rings. The van der Waals surface area contributed by atoms with E-state index in [2.05, 4.69) is 17.6 Å². The standard InChI is InChI=1S/C21H35N3O2/c1-2-25-16-13-21(11-12-21)17-23-20(24-18-7-4-3-5-8-18)22-14-10-19-9-6-15-26-19/h6,9,15,18H,2-5,7-8,10-14,16-17H2,1H3,(H2,22,23,24). The molecule has 2 saturated carbocycles. The molecular formula is C21H35N3O2. The minimum Gasteiger partial charge on any atom is -0.469 e. The van der Waals surface area contributed by atoms with Gasteiger partial charge < -0.3 is 19.8 Å². The van der Waals surface area contributed by atoms with Gasteiger partial charge in [0.05, 0.1) is 6.26 Å². The third-order valence-corrected chi connectivity index (χ3v) is 5.70. The Kier molecular flexibility index (Phi) is 7.42. The zero-order valence-corrected chi connectivity index (χ0v) is 16.3. The lowest BCUT2D eigenvalue weighted by Gasteiger charge is -2.25. The SMILES string of the molecule is CCOCCC1(CN=C(NCCc2ccco2)NC2CCCCC2)CC1. The van der Waals surface area contributed by atoms with E-state index in [0.717, 1.165) is 50.9 Å². The van der Waals surface area contributed by atoms with E-state index in [9.17, 15) is 0 Å². The van der Waals surface area contributed by atoms with Crippen LogP contribution in [-0.2, 0) is 11.2 Å². The number of ether oxygens (including phenoxy) is 1. The molecule has 0 unspecified atom stereocenters. The topological polar surface area (TPSA) is 58.8 Å². The van der Waals surface area contributed by atoms with Gasteiger partial charge >= 0.3 is 0 Å². The Morgan fingerprint density at radius 3 is 2.85 bits per heavy atom. The first-order chi connectivity index (χ1) is 12.8. The Morgan fingerprint density at radius 1 is 1.31 bits per heavy atom. The van der Waals surface area contributed by atoms with E-state index in [1.165, 1.54) is 44.9 Å². The molecule has 2 aliphatic carbocycles. The fourth-order valence-electron chi connectivity index (χ4n) is 3.70. The Labute approximate surface area is 158 Å². The summed E-state index contributed by atoms with van der Waals surface area (Å²) in [6, 6.07) is 4.54.